The van der Waals surface area contributed by atoms with E-state index in [4.69, 9.17) is 4.74 Å². The Balaban J connectivity index is 1.95. The molecule has 1 fully saturated rings. The zero-order valence-corrected chi connectivity index (χ0v) is 13.1. The van der Waals surface area contributed by atoms with Crippen LogP contribution in [0.25, 0.3) is 0 Å². The van der Waals surface area contributed by atoms with Gasteiger partial charge in [0.25, 0.3) is 0 Å². The molecule has 0 bridgehead atoms. The van der Waals surface area contributed by atoms with Gasteiger partial charge in [0, 0.05) is 13.1 Å². The smallest absolute Gasteiger partial charge is 0.310 e. The van der Waals surface area contributed by atoms with E-state index in [2.05, 4.69) is 17.0 Å². The number of benzene rings is 1. The van der Waals surface area contributed by atoms with Gasteiger partial charge in [0.1, 0.15) is 5.75 Å². The topological polar surface area (TPSA) is 49.8 Å². The highest BCUT2D eigenvalue weighted by Crippen LogP contribution is 2.34. The fraction of sp³-hybridized carbons (Fsp3) is 0.588. The van der Waals surface area contributed by atoms with E-state index in [9.17, 15) is 9.90 Å². The normalized spacial score (nSPS) is 22.7. The summed E-state index contributed by atoms with van der Waals surface area (Å²) in [4.78, 5) is 13.7. The van der Waals surface area contributed by atoms with Crippen molar-refractivity contribution >= 4 is 5.97 Å². The summed E-state index contributed by atoms with van der Waals surface area (Å²) in [6, 6.07) is 8.08. The van der Waals surface area contributed by atoms with Crippen molar-refractivity contribution in [3.63, 3.8) is 0 Å². The van der Waals surface area contributed by atoms with E-state index in [0.717, 1.165) is 25.3 Å². The third-order valence-electron chi connectivity index (χ3n) is 4.26. The first-order valence-electron chi connectivity index (χ1n) is 7.66. The first-order valence-corrected chi connectivity index (χ1v) is 7.66. The molecule has 0 aliphatic carbocycles. The van der Waals surface area contributed by atoms with E-state index in [1.54, 1.807) is 0 Å². The summed E-state index contributed by atoms with van der Waals surface area (Å²) in [5.74, 6) is 0.219. The van der Waals surface area contributed by atoms with Crippen LogP contribution in [0.2, 0.25) is 0 Å². The molecule has 4 heteroatoms. The second-order valence-corrected chi connectivity index (χ2v) is 6.21. The SMILES string of the molecule is CCC1(C(=O)O)CCN(Cc2ccc(OC(C)C)cc2)C1. The Kier molecular flexibility index (Phi) is 4.88. The molecule has 1 aromatic rings. The zero-order chi connectivity index (χ0) is 15.5. The molecule has 0 saturated carbocycles. The first-order chi connectivity index (χ1) is 9.95. The highest BCUT2D eigenvalue weighted by atomic mass is 16.5. The monoisotopic (exact) mass is 291 g/mol. The van der Waals surface area contributed by atoms with Crippen LogP contribution >= 0.6 is 0 Å². The lowest BCUT2D eigenvalue weighted by molar-refractivity contribution is -0.148. The highest BCUT2D eigenvalue weighted by Gasteiger charge is 2.42. The molecule has 0 spiro atoms. The molecule has 2 rings (SSSR count). The van der Waals surface area contributed by atoms with Crippen LogP contribution in [-0.4, -0.2) is 35.2 Å². The van der Waals surface area contributed by atoms with E-state index in [-0.39, 0.29) is 6.10 Å². The summed E-state index contributed by atoms with van der Waals surface area (Å²) in [6.07, 6.45) is 1.61. The van der Waals surface area contributed by atoms with Crippen LogP contribution in [0.15, 0.2) is 24.3 Å². The molecule has 1 aromatic carbocycles. The van der Waals surface area contributed by atoms with Crippen molar-refractivity contribution in [2.75, 3.05) is 13.1 Å². The maximum Gasteiger partial charge on any atom is 0.310 e. The summed E-state index contributed by atoms with van der Waals surface area (Å²) in [6.45, 7) is 8.28. The molecular weight excluding hydrogens is 266 g/mol. The molecule has 0 amide bonds. The van der Waals surface area contributed by atoms with Crippen molar-refractivity contribution in [2.45, 2.75) is 46.3 Å². The van der Waals surface area contributed by atoms with E-state index >= 15 is 0 Å². The fourth-order valence-electron chi connectivity index (χ4n) is 2.91. The van der Waals surface area contributed by atoms with Gasteiger partial charge in [0.05, 0.1) is 11.5 Å². The van der Waals surface area contributed by atoms with Gasteiger partial charge in [-0.1, -0.05) is 19.1 Å². The largest absolute Gasteiger partial charge is 0.491 e. The van der Waals surface area contributed by atoms with Gasteiger partial charge in [-0.3, -0.25) is 9.69 Å². The molecule has 1 aliphatic heterocycles. The Bertz CT molecular complexity index is 483. The van der Waals surface area contributed by atoms with Crippen LogP contribution in [0, 0.1) is 5.41 Å². The summed E-state index contributed by atoms with van der Waals surface area (Å²) in [5.41, 5.74) is 0.643. The fourth-order valence-corrected chi connectivity index (χ4v) is 2.91. The maximum absolute atomic E-state index is 11.5. The lowest BCUT2D eigenvalue weighted by Crippen LogP contribution is -2.33. The molecule has 1 saturated heterocycles. The molecule has 1 aliphatic rings. The van der Waals surface area contributed by atoms with Crippen molar-refractivity contribution in [1.82, 2.24) is 4.90 Å². The molecule has 1 atom stereocenters. The number of hydrogen-bond acceptors (Lipinski definition) is 3. The molecule has 0 aromatic heterocycles. The Labute approximate surface area is 126 Å². The average molecular weight is 291 g/mol. The van der Waals surface area contributed by atoms with Crippen LogP contribution in [0.3, 0.4) is 0 Å². The predicted octanol–water partition coefficient (Wildman–Crippen LogP) is 3.16. The standard InChI is InChI=1S/C17H25NO3/c1-4-17(16(19)20)9-10-18(12-17)11-14-5-7-15(8-6-14)21-13(2)3/h5-8,13H,4,9-12H2,1-3H3,(H,19,20). The number of rotatable bonds is 6. The van der Waals surface area contributed by atoms with Gasteiger partial charge in [-0.2, -0.15) is 0 Å². The van der Waals surface area contributed by atoms with E-state index in [0.29, 0.717) is 13.0 Å². The van der Waals surface area contributed by atoms with Crippen LogP contribution in [0.1, 0.15) is 39.2 Å². The number of likely N-dealkylation sites (tertiary alicyclic amines) is 1. The third kappa shape index (κ3) is 3.76. The van der Waals surface area contributed by atoms with Gasteiger partial charge < -0.3 is 9.84 Å². The minimum absolute atomic E-state index is 0.176. The Morgan fingerprint density at radius 1 is 1.38 bits per heavy atom. The summed E-state index contributed by atoms with van der Waals surface area (Å²) in [5, 5.41) is 9.42. The minimum atomic E-state index is -0.659. The number of nitrogens with zero attached hydrogens (tertiary/aromatic N) is 1. The summed E-state index contributed by atoms with van der Waals surface area (Å²) < 4.78 is 5.63. The third-order valence-corrected chi connectivity index (χ3v) is 4.26. The van der Waals surface area contributed by atoms with E-state index in [1.807, 2.05) is 32.9 Å². The lowest BCUT2D eigenvalue weighted by Gasteiger charge is -2.23. The average Bonchev–Trinajstić information content (AvgIpc) is 2.85. The van der Waals surface area contributed by atoms with Crippen LogP contribution in [-0.2, 0) is 11.3 Å². The predicted molar refractivity (Wildman–Crippen MR) is 82.5 cm³/mol. The second-order valence-electron chi connectivity index (χ2n) is 6.21. The van der Waals surface area contributed by atoms with Gasteiger partial charge in [-0.05, 0) is 50.9 Å². The Hall–Kier alpha value is -1.55. The second kappa shape index (κ2) is 6.48. The lowest BCUT2D eigenvalue weighted by atomic mass is 9.84. The van der Waals surface area contributed by atoms with Gasteiger partial charge in [-0.15, -0.1) is 0 Å². The minimum Gasteiger partial charge on any atom is -0.491 e. The Morgan fingerprint density at radius 3 is 2.52 bits per heavy atom. The molecule has 1 heterocycles. The molecule has 1 N–H and O–H groups in total. The van der Waals surface area contributed by atoms with Gasteiger partial charge in [-0.25, -0.2) is 0 Å². The molecule has 1 unspecified atom stereocenters. The van der Waals surface area contributed by atoms with Crippen molar-refractivity contribution in [3.8, 4) is 5.75 Å². The number of hydrogen-bond donors (Lipinski definition) is 1. The van der Waals surface area contributed by atoms with Crippen molar-refractivity contribution < 1.29 is 14.6 Å². The molecule has 21 heavy (non-hydrogen) atoms. The summed E-state index contributed by atoms with van der Waals surface area (Å²) >= 11 is 0. The van der Waals surface area contributed by atoms with Gasteiger partial charge in [0.15, 0.2) is 0 Å². The maximum atomic E-state index is 11.5. The van der Waals surface area contributed by atoms with Crippen LogP contribution in [0.4, 0.5) is 0 Å². The number of carboxylic acid groups (broad SMARTS) is 1. The zero-order valence-electron chi connectivity index (χ0n) is 13.1. The molecule has 116 valence electrons. The van der Waals surface area contributed by atoms with Crippen molar-refractivity contribution in [1.29, 1.82) is 0 Å². The number of carboxylic acids is 1. The Morgan fingerprint density at radius 2 is 2.05 bits per heavy atom. The van der Waals surface area contributed by atoms with Gasteiger partial charge >= 0.3 is 5.97 Å². The van der Waals surface area contributed by atoms with Crippen molar-refractivity contribution in [2.24, 2.45) is 5.41 Å². The van der Waals surface area contributed by atoms with Crippen LogP contribution in [0.5, 0.6) is 5.75 Å². The number of aliphatic carboxylic acids is 1. The highest BCUT2D eigenvalue weighted by molar-refractivity contribution is 5.75. The molecular formula is C17H25NO3. The quantitative estimate of drug-likeness (QED) is 0.874. The number of ether oxygens (including phenoxy) is 1. The summed E-state index contributed by atoms with van der Waals surface area (Å²) in [7, 11) is 0. The van der Waals surface area contributed by atoms with Crippen molar-refractivity contribution in [3.05, 3.63) is 29.8 Å². The van der Waals surface area contributed by atoms with Crippen LogP contribution < -0.4 is 4.74 Å². The van der Waals surface area contributed by atoms with Gasteiger partial charge in [0.2, 0.25) is 0 Å². The van der Waals surface area contributed by atoms with E-state index < -0.39 is 11.4 Å². The van der Waals surface area contributed by atoms with E-state index in [1.165, 1.54) is 5.56 Å². The molecule has 0 radical (unpaired) electrons. The first kappa shape index (κ1) is 15.8. The molecule has 4 nitrogen and oxygen atoms in total. The number of carbonyl (C=O) groups is 1.